The fourth-order valence-electron chi connectivity index (χ4n) is 4.64. The molecule has 6 N–H and O–H groups in total. The van der Waals surface area contributed by atoms with Crippen molar-refractivity contribution in [2.75, 3.05) is 26.2 Å². The van der Waals surface area contributed by atoms with Crippen LogP contribution in [0.5, 0.6) is 0 Å². The Morgan fingerprint density at radius 3 is 2.63 bits per heavy atom. The van der Waals surface area contributed by atoms with Crippen LogP contribution in [0.2, 0.25) is 0 Å². The highest BCUT2D eigenvalue weighted by molar-refractivity contribution is 5.98. The fraction of sp³-hybridized carbons (Fsp3) is 0.519. The first-order valence-electron chi connectivity index (χ1n) is 12.8. The molecule has 1 saturated heterocycles. The molecule has 0 spiro atoms. The molecule has 0 aliphatic carbocycles. The van der Waals surface area contributed by atoms with Crippen molar-refractivity contribution in [1.82, 2.24) is 15.5 Å². The number of guanidine groups is 1. The number of nitrogens with zero attached hydrogens (tertiary/aromatic N) is 2. The van der Waals surface area contributed by atoms with Crippen LogP contribution in [0.3, 0.4) is 0 Å². The summed E-state index contributed by atoms with van der Waals surface area (Å²) in [5.41, 5.74) is 11.5. The summed E-state index contributed by atoms with van der Waals surface area (Å²) in [6.07, 6.45) is 4.23. The summed E-state index contributed by atoms with van der Waals surface area (Å²) in [6, 6.07) is 13.4. The van der Waals surface area contributed by atoms with Gasteiger partial charge in [0.25, 0.3) is 5.91 Å². The molecule has 2 aromatic carbocycles. The molecule has 1 aliphatic heterocycles. The van der Waals surface area contributed by atoms with E-state index in [1.54, 1.807) is 0 Å². The highest BCUT2D eigenvalue weighted by atomic mass is 16.2. The Labute approximate surface area is 208 Å². The van der Waals surface area contributed by atoms with Gasteiger partial charge in [0.15, 0.2) is 5.96 Å². The number of rotatable bonds is 11. The van der Waals surface area contributed by atoms with Crippen LogP contribution in [0.15, 0.2) is 47.5 Å². The van der Waals surface area contributed by atoms with Gasteiger partial charge >= 0.3 is 0 Å². The summed E-state index contributed by atoms with van der Waals surface area (Å²) >= 11 is 0. The summed E-state index contributed by atoms with van der Waals surface area (Å²) in [5.74, 6) is 0.580. The van der Waals surface area contributed by atoms with Crippen molar-refractivity contribution in [2.45, 2.75) is 58.0 Å². The van der Waals surface area contributed by atoms with Crippen LogP contribution in [0.1, 0.15) is 56.3 Å². The van der Waals surface area contributed by atoms with Gasteiger partial charge in [0.1, 0.15) is 0 Å². The largest absolute Gasteiger partial charge is 0.370 e. The van der Waals surface area contributed by atoms with E-state index in [4.69, 9.17) is 11.5 Å². The monoisotopic (exact) mass is 480 g/mol. The van der Waals surface area contributed by atoms with Crippen molar-refractivity contribution in [3.63, 3.8) is 0 Å². The zero-order valence-corrected chi connectivity index (χ0v) is 21.0. The molecule has 2 aromatic rings. The number of amides is 2. The summed E-state index contributed by atoms with van der Waals surface area (Å²) in [6.45, 7) is 6.75. The first kappa shape index (κ1) is 26.5. The first-order valence-corrected chi connectivity index (χ1v) is 12.8. The first-order chi connectivity index (χ1) is 16.9. The molecule has 1 aliphatic rings. The van der Waals surface area contributed by atoms with Crippen molar-refractivity contribution in [1.29, 1.82) is 0 Å². The van der Waals surface area contributed by atoms with E-state index in [1.165, 1.54) is 0 Å². The lowest BCUT2D eigenvalue weighted by molar-refractivity contribution is -0.133. The summed E-state index contributed by atoms with van der Waals surface area (Å²) < 4.78 is 0. The summed E-state index contributed by atoms with van der Waals surface area (Å²) in [7, 11) is 0. The van der Waals surface area contributed by atoms with Crippen LogP contribution in [0, 0.1) is 5.92 Å². The molecule has 1 fully saturated rings. The Bertz CT molecular complexity index is 1020. The molecule has 0 radical (unpaired) electrons. The average molecular weight is 481 g/mol. The second-order valence-corrected chi connectivity index (χ2v) is 9.39. The van der Waals surface area contributed by atoms with Gasteiger partial charge in [0.05, 0.1) is 6.04 Å². The molecule has 3 rings (SSSR count). The van der Waals surface area contributed by atoms with Gasteiger partial charge in [-0.2, -0.15) is 0 Å². The maximum atomic E-state index is 13.4. The minimum absolute atomic E-state index is 0.00291. The predicted octanol–water partition coefficient (Wildman–Crippen LogP) is 2.62. The van der Waals surface area contributed by atoms with Gasteiger partial charge in [-0.15, -0.1) is 0 Å². The van der Waals surface area contributed by atoms with E-state index in [-0.39, 0.29) is 29.9 Å². The van der Waals surface area contributed by atoms with Crippen LogP contribution in [-0.2, 0) is 4.79 Å². The van der Waals surface area contributed by atoms with Crippen molar-refractivity contribution >= 4 is 28.5 Å². The minimum atomic E-state index is -0.316. The molecule has 0 saturated carbocycles. The number of aliphatic imine (C=N–C) groups is 1. The number of fused-ring (bicyclic) bond motifs is 1. The Hall–Kier alpha value is -3.13. The third-order valence-corrected chi connectivity index (χ3v) is 6.89. The van der Waals surface area contributed by atoms with Gasteiger partial charge in [-0.3, -0.25) is 14.6 Å². The highest BCUT2D eigenvalue weighted by Gasteiger charge is 2.31. The van der Waals surface area contributed by atoms with Crippen LogP contribution >= 0.6 is 0 Å². The maximum Gasteiger partial charge on any atom is 0.251 e. The zero-order chi connectivity index (χ0) is 25.2. The van der Waals surface area contributed by atoms with Crippen LogP contribution in [0.25, 0.3) is 10.8 Å². The van der Waals surface area contributed by atoms with Crippen molar-refractivity contribution in [3.8, 4) is 0 Å². The molecule has 2 amide bonds. The molecule has 35 heavy (non-hydrogen) atoms. The topological polar surface area (TPSA) is 126 Å². The normalized spacial score (nSPS) is 18.5. The van der Waals surface area contributed by atoms with Crippen LogP contribution < -0.4 is 22.1 Å². The molecular formula is C27H40N6O2. The van der Waals surface area contributed by atoms with Crippen molar-refractivity contribution < 1.29 is 9.59 Å². The van der Waals surface area contributed by atoms with E-state index in [0.29, 0.717) is 44.0 Å². The van der Waals surface area contributed by atoms with Gasteiger partial charge in [-0.05, 0) is 48.1 Å². The number of benzene rings is 2. The SMILES string of the molecule is CCC(CC)CN1CC[C@@H](CNC(=O)c2ccc3ccccc3c2)NC(CCCN=C(N)N)C1=O. The highest BCUT2D eigenvalue weighted by Crippen LogP contribution is 2.18. The number of carbonyl (C=O) groups is 2. The summed E-state index contributed by atoms with van der Waals surface area (Å²) in [4.78, 5) is 32.3. The number of carbonyl (C=O) groups excluding carboxylic acids is 2. The van der Waals surface area contributed by atoms with Crippen molar-refractivity contribution in [3.05, 3.63) is 48.0 Å². The van der Waals surface area contributed by atoms with E-state index < -0.39 is 0 Å². The molecule has 8 heteroatoms. The molecule has 8 nitrogen and oxygen atoms in total. The lowest BCUT2D eigenvalue weighted by Crippen LogP contribution is -2.49. The maximum absolute atomic E-state index is 13.4. The minimum Gasteiger partial charge on any atom is -0.370 e. The summed E-state index contributed by atoms with van der Waals surface area (Å²) in [5, 5.41) is 8.73. The molecular weight excluding hydrogens is 440 g/mol. The Morgan fingerprint density at radius 2 is 1.91 bits per heavy atom. The van der Waals surface area contributed by atoms with Gasteiger partial charge in [0, 0.05) is 37.8 Å². The van der Waals surface area contributed by atoms with Crippen LogP contribution in [-0.4, -0.2) is 60.9 Å². The molecule has 0 aromatic heterocycles. The quantitative estimate of drug-likeness (QED) is 0.223. The number of nitrogens with two attached hydrogens (primary N) is 2. The van der Waals surface area contributed by atoms with E-state index >= 15 is 0 Å². The zero-order valence-electron chi connectivity index (χ0n) is 21.0. The van der Waals surface area contributed by atoms with E-state index in [0.717, 1.165) is 36.6 Å². The Kier molecular flexibility index (Phi) is 9.90. The Balaban J connectivity index is 1.65. The second kappa shape index (κ2) is 13.1. The number of hydrogen-bond acceptors (Lipinski definition) is 4. The average Bonchev–Trinajstić information content (AvgIpc) is 3.01. The lowest BCUT2D eigenvalue weighted by atomic mass is 10.0. The van der Waals surface area contributed by atoms with E-state index in [1.807, 2.05) is 47.4 Å². The van der Waals surface area contributed by atoms with E-state index in [2.05, 4.69) is 29.5 Å². The van der Waals surface area contributed by atoms with Gasteiger partial charge in [0.2, 0.25) is 5.91 Å². The molecule has 1 heterocycles. The number of hydrogen-bond donors (Lipinski definition) is 4. The fourth-order valence-corrected chi connectivity index (χ4v) is 4.64. The third kappa shape index (κ3) is 7.68. The standard InChI is InChI=1S/C27H40N6O2/c1-3-19(4-2)18-33-15-13-23(32-24(26(33)35)10-7-14-30-27(28)29)17-31-25(34)22-12-11-20-8-5-6-9-21(20)16-22/h5-6,8-9,11-12,16,19,23-24,32H,3-4,7,10,13-15,17-18H2,1-2H3,(H,31,34)(H4,28,29,30)/t23-,24?/m0/s1. The van der Waals surface area contributed by atoms with Crippen molar-refractivity contribution in [2.24, 2.45) is 22.4 Å². The Morgan fingerprint density at radius 1 is 1.17 bits per heavy atom. The molecule has 1 unspecified atom stereocenters. The predicted molar refractivity (Wildman–Crippen MR) is 142 cm³/mol. The smallest absolute Gasteiger partial charge is 0.251 e. The third-order valence-electron chi connectivity index (χ3n) is 6.89. The van der Waals surface area contributed by atoms with Gasteiger partial charge < -0.3 is 27.0 Å². The second-order valence-electron chi connectivity index (χ2n) is 9.39. The van der Waals surface area contributed by atoms with Crippen LogP contribution in [0.4, 0.5) is 0 Å². The lowest BCUT2D eigenvalue weighted by Gasteiger charge is -2.28. The molecule has 2 atom stereocenters. The molecule has 0 bridgehead atoms. The van der Waals surface area contributed by atoms with Gasteiger partial charge in [-0.1, -0.05) is 57.0 Å². The van der Waals surface area contributed by atoms with Gasteiger partial charge in [-0.25, -0.2) is 0 Å². The molecule has 190 valence electrons. The number of nitrogens with one attached hydrogen (secondary N) is 2. The van der Waals surface area contributed by atoms with E-state index in [9.17, 15) is 9.59 Å².